The summed E-state index contributed by atoms with van der Waals surface area (Å²) in [5.74, 6) is 0.240. The molecule has 17 heavy (non-hydrogen) atoms. The molecular weight excluding hydrogens is 214 g/mol. The minimum Gasteiger partial charge on any atom is -0.332 e. The largest absolute Gasteiger partial charge is 0.332 e. The van der Waals surface area contributed by atoms with Crippen molar-refractivity contribution in [1.82, 2.24) is 15.1 Å². The summed E-state index contributed by atoms with van der Waals surface area (Å²) in [5, 5.41) is 3.37. The van der Waals surface area contributed by atoms with Gasteiger partial charge in [0.05, 0.1) is 11.6 Å². The molecule has 0 radical (unpaired) electrons. The van der Waals surface area contributed by atoms with E-state index in [-0.39, 0.29) is 17.5 Å². The smallest absolute Gasteiger partial charge is 0.241 e. The molecule has 1 aliphatic heterocycles. The van der Waals surface area contributed by atoms with Crippen molar-refractivity contribution in [2.45, 2.75) is 51.7 Å². The Labute approximate surface area is 105 Å². The molecule has 100 valence electrons. The summed E-state index contributed by atoms with van der Waals surface area (Å²) in [6.45, 7) is 10.2. The van der Waals surface area contributed by atoms with Gasteiger partial charge in [-0.2, -0.15) is 0 Å². The van der Waals surface area contributed by atoms with Crippen molar-refractivity contribution in [2.75, 3.05) is 27.2 Å². The summed E-state index contributed by atoms with van der Waals surface area (Å²) in [6, 6.07) is 0.247. The summed E-state index contributed by atoms with van der Waals surface area (Å²) in [7, 11) is 4.00. The van der Waals surface area contributed by atoms with E-state index in [1.165, 1.54) is 0 Å². The predicted octanol–water partition coefficient (Wildman–Crippen LogP) is 0.926. The fraction of sp³-hybridized carbons (Fsp3) is 0.923. The number of hydrogen-bond acceptors (Lipinski definition) is 3. The van der Waals surface area contributed by atoms with Gasteiger partial charge >= 0.3 is 0 Å². The molecule has 0 aromatic heterocycles. The normalized spacial score (nSPS) is 26.4. The van der Waals surface area contributed by atoms with E-state index < -0.39 is 0 Å². The maximum Gasteiger partial charge on any atom is 0.241 e. The molecule has 4 nitrogen and oxygen atoms in total. The van der Waals surface area contributed by atoms with Gasteiger partial charge in [-0.05, 0) is 41.3 Å². The van der Waals surface area contributed by atoms with Gasteiger partial charge < -0.3 is 15.1 Å². The molecular formula is C13H27N3O. The highest BCUT2D eigenvalue weighted by Gasteiger charge is 2.41. The third-order valence-electron chi connectivity index (χ3n) is 3.55. The number of piperazine rings is 1. The van der Waals surface area contributed by atoms with Gasteiger partial charge in [-0.1, -0.05) is 6.92 Å². The first-order chi connectivity index (χ1) is 7.79. The minimum atomic E-state index is -0.0880. The van der Waals surface area contributed by atoms with Crippen LogP contribution in [0.25, 0.3) is 0 Å². The Kier molecular flexibility index (Phi) is 4.55. The van der Waals surface area contributed by atoms with Crippen LogP contribution in [-0.2, 0) is 4.79 Å². The fourth-order valence-electron chi connectivity index (χ4n) is 2.52. The summed E-state index contributed by atoms with van der Waals surface area (Å²) < 4.78 is 0. The van der Waals surface area contributed by atoms with Crippen LogP contribution in [0.2, 0.25) is 0 Å². The van der Waals surface area contributed by atoms with Crippen LogP contribution in [-0.4, -0.2) is 60.5 Å². The summed E-state index contributed by atoms with van der Waals surface area (Å²) in [4.78, 5) is 16.6. The number of likely N-dealkylation sites (N-methyl/N-ethyl adjacent to an activating group) is 1. The molecule has 1 N–H and O–H groups in total. The van der Waals surface area contributed by atoms with E-state index in [2.05, 4.69) is 42.8 Å². The Bertz CT molecular complexity index is 276. The Morgan fingerprint density at radius 3 is 2.59 bits per heavy atom. The van der Waals surface area contributed by atoms with E-state index in [1.54, 1.807) is 0 Å². The third kappa shape index (κ3) is 3.19. The molecule has 1 heterocycles. The van der Waals surface area contributed by atoms with E-state index >= 15 is 0 Å². The van der Waals surface area contributed by atoms with Gasteiger partial charge in [-0.25, -0.2) is 0 Å². The second-order valence-corrected chi connectivity index (χ2v) is 5.97. The van der Waals surface area contributed by atoms with E-state index in [4.69, 9.17) is 0 Å². The number of nitrogens with one attached hydrogen (secondary N) is 1. The topological polar surface area (TPSA) is 35.6 Å². The van der Waals surface area contributed by atoms with Crippen LogP contribution in [0.5, 0.6) is 0 Å². The molecule has 4 heteroatoms. The molecule has 0 bridgehead atoms. The minimum absolute atomic E-state index is 0.0629. The zero-order valence-electron chi connectivity index (χ0n) is 12.1. The summed E-state index contributed by atoms with van der Waals surface area (Å²) in [5.41, 5.74) is -0.0880. The lowest BCUT2D eigenvalue weighted by atomic mass is 9.94. The summed E-state index contributed by atoms with van der Waals surface area (Å²) >= 11 is 0. The van der Waals surface area contributed by atoms with Gasteiger partial charge in [0.15, 0.2) is 0 Å². The number of rotatable bonds is 4. The zero-order chi connectivity index (χ0) is 13.2. The average molecular weight is 241 g/mol. The standard InChI is InChI=1S/C13H27N3O/c1-7-10(2)16-12(17)11(8-15(5)6)14-9-13(16,3)4/h10-11,14H,7-9H2,1-6H3. The Hall–Kier alpha value is -0.610. The van der Waals surface area contributed by atoms with Crippen LogP contribution in [0.1, 0.15) is 34.1 Å². The molecule has 1 aliphatic rings. The molecule has 2 atom stereocenters. The van der Waals surface area contributed by atoms with Crippen LogP contribution in [0.15, 0.2) is 0 Å². The molecule has 0 spiro atoms. The van der Waals surface area contributed by atoms with E-state index in [0.717, 1.165) is 19.5 Å². The van der Waals surface area contributed by atoms with Crippen molar-refractivity contribution in [2.24, 2.45) is 0 Å². The lowest BCUT2D eigenvalue weighted by molar-refractivity contribution is -0.146. The SMILES string of the molecule is CCC(C)N1C(=O)C(CN(C)C)NCC1(C)C. The number of hydrogen-bond donors (Lipinski definition) is 1. The van der Waals surface area contributed by atoms with Crippen LogP contribution in [0, 0.1) is 0 Å². The van der Waals surface area contributed by atoms with Gasteiger partial charge in [0.2, 0.25) is 5.91 Å². The van der Waals surface area contributed by atoms with Gasteiger partial charge in [0.25, 0.3) is 0 Å². The van der Waals surface area contributed by atoms with E-state index in [0.29, 0.717) is 6.04 Å². The average Bonchev–Trinajstić information content (AvgIpc) is 2.21. The maximum absolute atomic E-state index is 12.5. The molecule has 2 unspecified atom stereocenters. The van der Waals surface area contributed by atoms with Crippen LogP contribution < -0.4 is 5.32 Å². The highest BCUT2D eigenvalue weighted by Crippen LogP contribution is 2.24. The Morgan fingerprint density at radius 2 is 2.12 bits per heavy atom. The van der Waals surface area contributed by atoms with E-state index in [1.807, 2.05) is 14.1 Å². The Morgan fingerprint density at radius 1 is 1.53 bits per heavy atom. The van der Waals surface area contributed by atoms with Crippen molar-refractivity contribution in [3.63, 3.8) is 0 Å². The predicted molar refractivity (Wildman–Crippen MR) is 71.0 cm³/mol. The van der Waals surface area contributed by atoms with Gasteiger partial charge in [0.1, 0.15) is 0 Å². The lowest BCUT2D eigenvalue weighted by Gasteiger charge is -2.49. The van der Waals surface area contributed by atoms with Crippen molar-refractivity contribution in [3.05, 3.63) is 0 Å². The van der Waals surface area contributed by atoms with Crippen LogP contribution >= 0.6 is 0 Å². The molecule has 0 aromatic carbocycles. The van der Waals surface area contributed by atoms with Crippen molar-refractivity contribution >= 4 is 5.91 Å². The molecule has 0 aliphatic carbocycles. The quantitative estimate of drug-likeness (QED) is 0.795. The first kappa shape index (κ1) is 14.5. The second kappa shape index (κ2) is 5.36. The molecule has 0 saturated carbocycles. The molecule has 1 saturated heterocycles. The van der Waals surface area contributed by atoms with Crippen LogP contribution in [0.3, 0.4) is 0 Å². The first-order valence-electron chi connectivity index (χ1n) is 6.51. The highest BCUT2D eigenvalue weighted by atomic mass is 16.2. The number of nitrogens with zero attached hydrogens (tertiary/aromatic N) is 2. The molecule has 1 rings (SSSR count). The molecule has 1 fully saturated rings. The highest BCUT2D eigenvalue weighted by molar-refractivity contribution is 5.84. The number of amides is 1. The van der Waals surface area contributed by atoms with Crippen LogP contribution in [0.4, 0.5) is 0 Å². The number of carbonyl (C=O) groups excluding carboxylic acids is 1. The monoisotopic (exact) mass is 241 g/mol. The van der Waals surface area contributed by atoms with Crippen molar-refractivity contribution < 1.29 is 4.79 Å². The Balaban J connectivity index is 2.85. The molecule has 1 amide bonds. The molecule has 0 aromatic rings. The van der Waals surface area contributed by atoms with Gasteiger partial charge in [-0.3, -0.25) is 4.79 Å². The first-order valence-corrected chi connectivity index (χ1v) is 6.51. The van der Waals surface area contributed by atoms with Crippen molar-refractivity contribution in [3.8, 4) is 0 Å². The van der Waals surface area contributed by atoms with Crippen molar-refractivity contribution in [1.29, 1.82) is 0 Å². The lowest BCUT2D eigenvalue weighted by Crippen LogP contribution is -2.68. The van der Waals surface area contributed by atoms with Gasteiger partial charge in [0, 0.05) is 19.1 Å². The third-order valence-corrected chi connectivity index (χ3v) is 3.55. The number of carbonyl (C=O) groups is 1. The van der Waals surface area contributed by atoms with Gasteiger partial charge in [-0.15, -0.1) is 0 Å². The second-order valence-electron chi connectivity index (χ2n) is 5.97. The zero-order valence-corrected chi connectivity index (χ0v) is 12.1. The fourth-order valence-corrected chi connectivity index (χ4v) is 2.52. The summed E-state index contributed by atoms with van der Waals surface area (Å²) in [6.07, 6.45) is 1.00. The maximum atomic E-state index is 12.5. The van der Waals surface area contributed by atoms with E-state index in [9.17, 15) is 4.79 Å².